The van der Waals surface area contributed by atoms with Crippen LogP contribution in [-0.4, -0.2) is 23.5 Å². The normalized spacial score (nSPS) is 21.5. The number of benzene rings is 1. The van der Waals surface area contributed by atoms with Crippen molar-refractivity contribution in [3.63, 3.8) is 0 Å². The predicted octanol–water partition coefficient (Wildman–Crippen LogP) is 2.69. The zero-order valence-electron chi connectivity index (χ0n) is 14.3. The fraction of sp³-hybridized carbons (Fsp3) is 0.278. The Morgan fingerprint density at radius 1 is 1.08 bits per heavy atom. The summed E-state index contributed by atoms with van der Waals surface area (Å²) in [7, 11) is -3.75. The molecule has 0 unspecified atom stereocenters. The van der Waals surface area contributed by atoms with Crippen LogP contribution in [0.1, 0.15) is 37.3 Å². The van der Waals surface area contributed by atoms with E-state index in [0.29, 0.717) is 11.7 Å². The van der Waals surface area contributed by atoms with Gasteiger partial charge in [0.05, 0.1) is 5.92 Å². The van der Waals surface area contributed by atoms with Gasteiger partial charge in [-0.2, -0.15) is 4.98 Å². The maximum absolute atomic E-state index is 11.4. The van der Waals surface area contributed by atoms with Gasteiger partial charge in [-0.1, -0.05) is 49.3 Å². The number of hydrogen-bond acceptors (Lipinski definition) is 6. The SMILES string of the molecule is CC1(C)[C@H](c2ccc(S(N)(=O)=O)cn2)[C@H]1c1nc(-c2ccccc2)no1. The Bertz CT molecular complexity index is 1040. The molecular weight excluding hydrogens is 352 g/mol. The highest BCUT2D eigenvalue weighted by molar-refractivity contribution is 7.89. The van der Waals surface area contributed by atoms with Crippen LogP contribution in [0.4, 0.5) is 0 Å². The Morgan fingerprint density at radius 3 is 2.42 bits per heavy atom. The molecule has 1 aliphatic rings. The Labute approximate surface area is 151 Å². The summed E-state index contributed by atoms with van der Waals surface area (Å²) in [6.45, 7) is 4.20. The average Bonchev–Trinajstić information content (AvgIpc) is 2.95. The third kappa shape index (κ3) is 2.81. The fourth-order valence-corrected chi connectivity index (χ4v) is 3.92. The van der Waals surface area contributed by atoms with Crippen molar-refractivity contribution in [2.45, 2.75) is 30.6 Å². The molecule has 1 aromatic carbocycles. The van der Waals surface area contributed by atoms with Gasteiger partial charge in [0.25, 0.3) is 0 Å². The van der Waals surface area contributed by atoms with Gasteiger partial charge in [0.15, 0.2) is 0 Å². The number of aromatic nitrogens is 3. The highest BCUT2D eigenvalue weighted by Crippen LogP contribution is 2.69. The van der Waals surface area contributed by atoms with E-state index in [2.05, 4.69) is 29.0 Å². The largest absolute Gasteiger partial charge is 0.339 e. The monoisotopic (exact) mass is 370 g/mol. The number of primary sulfonamides is 1. The summed E-state index contributed by atoms with van der Waals surface area (Å²) in [5.41, 5.74) is 1.57. The molecule has 4 rings (SSSR count). The summed E-state index contributed by atoms with van der Waals surface area (Å²) in [5, 5.41) is 9.21. The van der Waals surface area contributed by atoms with Crippen LogP contribution in [0.5, 0.6) is 0 Å². The minimum Gasteiger partial charge on any atom is -0.339 e. The van der Waals surface area contributed by atoms with E-state index in [1.807, 2.05) is 30.3 Å². The highest BCUT2D eigenvalue weighted by atomic mass is 32.2. The van der Waals surface area contributed by atoms with Gasteiger partial charge in [-0.05, 0) is 17.5 Å². The molecule has 1 saturated carbocycles. The van der Waals surface area contributed by atoms with E-state index in [4.69, 9.17) is 9.66 Å². The second kappa shape index (κ2) is 5.72. The first-order chi connectivity index (χ1) is 12.3. The molecule has 1 fully saturated rings. The first kappa shape index (κ1) is 16.9. The minimum atomic E-state index is -3.75. The van der Waals surface area contributed by atoms with Crippen LogP contribution in [0.2, 0.25) is 0 Å². The van der Waals surface area contributed by atoms with Crippen LogP contribution in [0, 0.1) is 5.41 Å². The summed E-state index contributed by atoms with van der Waals surface area (Å²) >= 11 is 0. The topological polar surface area (TPSA) is 112 Å². The third-order valence-corrected chi connectivity index (χ3v) is 5.87. The van der Waals surface area contributed by atoms with Crippen LogP contribution in [0.3, 0.4) is 0 Å². The van der Waals surface area contributed by atoms with Gasteiger partial charge < -0.3 is 4.52 Å². The second-order valence-electron chi connectivity index (χ2n) is 7.06. The molecule has 8 heteroatoms. The van der Waals surface area contributed by atoms with Crippen molar-refractivity contribution in [1.29, 1.82) is 0 Å². The fourth-order valence-electron chi connectivity index (χ4n) is 3.46. The van der Waals surface area contributed by atoms with Crippen LogP contribution in [0.15, 0.2) is 58.1 Å². The van der Waals surface area contributed by atoms with Gasteiger partial charge in [0.2, 0.25) is 21.7 Å². The van der Waals surface area contributed by atoms with E-state index < -0.39 is 10.0 Å². The Morgan fingerprint density at radius 2 is 1.81 bits per heavy atom. The van der Waals surface area contributed by atoms with Crippen molar-refractivity contribution in [2.75, 3.05) is 0 Å². The van der Waals surface area contributed by atoms with E-state index in [-0.39, 0.29) is 22.1 Å². The van der Waals surface area contributed by atoms with Gasteiger partial charge >= 0.3 is 0 Å². The zero-order chi connectivity index (χ0) is 18.5. The molecule has 26 heavy (non-hydrogen) atoms. The lowest BCUT2D eigenvalue weighted by molar-refractivity contribution is 0.368. The van der Waals surface area contributed by atoms with Crippen molar-refractivity contribution in [3.8, 4) is 11.4 Å². The van der Waals surface area contributed by atoms with Gasteiger partial charge in [-0.3, -0.25) is 4.98 Å². The summed E-state index contributed by atoms with van der Waals surface area (Å²) in [6, 6.07) is 12.8. The molecule has 0 radical (unpaired) electrons. The Balaban J connectivity index is 1.62. The van der Waals surface area contributed by atoms with E-state index in [0.717, 1.165) is 11.3 Å². The molecular formula is C18H18N4O3S. The van der Waals surface area contributed by atoms with Crippen molar-refractivity contribution >= 4 is 10.0 Å². The van der Waals surface area contributed by atoms with Crippen molar-refractivity contribution in [2.24, 2.45) is 10.6 Å². The number of hydrogen-bond donors (Lipinski definition) is 1. The first-order valence-electron chi connectivity index (χ1n) is 8.16. The smallest absolute Gasteiger partial charge is 0.239 e. The van der Waals surface area contributed by atoms with Crippen molar-refractivity contribution in [1.82, 2.24) is 15.1 Å². The van der Waals surface area contributed by atoms with Crippen molar-refractivity contribution < 1.29 is 12.9 Å². The lowest BCUT2D eigenvalue weighted by Crippen LogP contribution is -2.12. The number of pyridine rings is 1. The van der Waals surface area contributed by atoms with E-state index >= 15 is 0 Å². The van der Waals surface area contributed by atoms with Gasteiger partial charge in [-0.15, -0.1) is 0 Å². The summed E-state index contributed by atoms with van der Waals surface area (Å²) in [4.78, 5) is 8.84. The van der Waals surface area contributed by atoms with E-state index in [1.54, 1.807) is 6.07 Å². The summed E-state index contributed by atoms with van der Waals surface area (Å²) in [6.07, 6.45) is 1.29. The van der Waals surface area contributed by atoms with Crippen molar-refractivity contribution in [3.05, 3.63) is 60.2 Å². The number of rotatable bonds is 4. The van der Waals surface area contributed by atoms with Crippen LogP contribution < -0.4 is 5.14 Å². The molecule has 0 spiro atoms. The van der Waals surface area contributed by atoms with E-state index in [1.165, 1.54) is 12.3 Å². The van der Waals surface area contributed by atoms with Crippen LogP contribution in [0.25, 0.3) is 11.4 Å². The maximum Gasteiger partial charge on any atom is 0.239 e. The molecule has 2 heterocycles. The minimum absolute atomic E-state index is 0.000380. The van der Waals surface area contributed by atoms with Gasteiger partial charge in [0.1, 0.15) is 4.90 Å². The van der Waals surface area contributed by atoms with Crippen LogP contribution >= 0.6 is 0 Å². The molecule has 134 valence electrons. The molecule has 3 aromatic rings. The average molecular weight is 370 g/mol. The molecule has 0 bridgehead atoms. The quantitative estimate of drug-likeness (QED) is 0.755. The molecule has 0 amide bonds. The third-order valence-electron chi connectivity index (χ3n) is 4.97. The molecule has 2 N–H and O–H groups in total. The Kier molecular flexibility index (Phi) is 3.71. The van der Waals surface area contributed by atoms with E-state index in [9.17, 15) is 8.42 Å². The zero-order valence-corrected chi connectivity index (χ0v) is 15.1. The lowest BCUT2D eigenvalue weighted by Gasteiger charge is -2.03. The summed E-state index contributed by atoms with van der Waals surface area (Å²) in [5.74, 6) is 1.22. The molecule has 0 aliphatic heterocycles. The van der Waals surface area contributed by atoms with Gasteiger partial charge in [-0.25, -0.2) is 13.6 Å². The summed E-state index contributed by atoms with van der Waals surface area (Å²) < 4.78 is 28.3. The molecule has 1 aliphatic carbocycles. The number of nitrogens with zero attached hydrogens (tertiary/aromatic N) is 3. The molecule has 7 nitrogen and oxygen atoms in total. The maximum atomic E-state index is 11.4. The highest BCUT2D eigenvalue weighted by Gasteiger charge is 2.62. The van der Waals surface area contributed by atoms with Gasteiger partial charge in [0, 0.05) is 23.4 Å². The lowest BCUT2D eigenvalue weighted by atomic mass is 10.1. The standard InChI is InChI=1S/C18H18N4O3S/c1-18(2)14(13-9-8-12(10-20-13)26(19,23)24)15(18)17-21-16(22-25-17)11-6-4-3-5-7-11/h3-10,14-15H,1-2H3,(H2,19,23,24)/t14-,15+/m1/s1. The van der Waals surface area contributed by atoms with Crippen LogP contribution in [-0.2, 0) is 10.0 Å². The molecule has 2 atom stereocenters. The second-order valence-corrected chi connectivity index (χ2v) is 8.62. The molecule has 2 aromatic heterocycles. The Hall–Kier alpha value is -2.58. The molecule has 0 saturated heterocycles. The first-order valence-corrected chi connectivity index (χ1v) is 9.71. The predicted molar refractivity (Wildman–Crippen MR) is 94.6 cm³/mol. The number of sulfonamides is 1. The number of nitrogens with two attached hydrogens (primary N) is 1.